The van der Waals surface area contributed by atoms with Gasteiger partial charge in [0, 0.05) is 28.7 Å². The first kappa shape index (κ1) is 19.2. The minimum atomic E-state index is -0.154. The molecule has 1 amide bonds. The number of hydrogen-bond donors (Lipinski definition) is 1. The Morgan fingerprint density at radius 1 is 1.19 bits per heavy atom. The average Bonchev–Trinajstić information content (AvgIpc) is 3.40. The van der Waals surface area contributed by atoms with Crippen molar-refractivity contribution in [3.05, 3.63) is 47.3 Å². The number of Topliss-reactive ketones (excluding diaryl/α,β-unsaturated/α-hetero) is 1. The summed E-state index contributed by atoms with van der Waals surface area (Å²) < 4.78 is 7.37. The Morgan fingerprint density at radius 3 is 2.44 bits per heavy atom. The molecule has 0 saturated heterocycles. The van der Waals surface area contributed by atoms with Crippen LogP contribution in [0.3, 0.4) is 0 Å². The maximum Gasteiger partial charge on any atom is 0.238 e. The lowest BCUT2D eigenvalue weighted by Crippen LogP contribution is -2.34. The monoisotopic (exact) mass is 369 g/mol. The van der Waals surface area contributed by atoms with Crippen LogP contribution in [-0.4, -0.2) is 48.4 Å². The highest BCUT2D eigenvalue weighted by atomic mass is 16.5. The van der Waals surface area contributed by atoms with E-state index in [4.69, 9.17) is 4.74 Å². The Balaban J connectivity index is 1.55. The molecule has 1 aromatic heterocycles. The number of aryl methyl sites for hydroxylation is 1. The van der Waals surface area contributed by atoms with Crippen molar-refractivity contribution in [3.63, 3.8) is 0 Å². The van der Waals surface area contributed by atoms with Gasteiger partial charge in [0.2, 0.25) is 5.91 Å². The minimum Gasteiger partial charge on any atom is -0.497 e. The SMILES string of the molecule is COc1ccc(NC(=O)CN(C)CC(=O)c2cc(C)n(C3CC3)c2C)cc1. The Kier molecular flexibility index (Phi) is 5.65. The second-order valence-corrected chi connectivity index (χ2v) is 7.26. The third-order valence-corrected chi connectivity index (χ3v) is 4.90. The predicted molar refractivity (Wildman–Crippen MR) is 106 cm³/mol. The molecule has 3 rings (SSSR count). The number of ether oxygens (including phenoxy) is 1. The van der Waals surface area contributed by atoms with Crippen LogP contribution in [0.4, 0.5) is 5.69 Å². The Hall–Kier alpha value is -2.60. The molecule has 0 spiro atoms. The first-order valence-corrected chi connectivity index (χ1v) is 9.23. The normalized spacial score (nSPS) is 13.7. The molecular weight excluding hydrogens is 342 g/mol. The summed E-state index contributed by atoms with van der Waals surface area (Å²) in [6.07, 6.45) is 2.38. The Bertz CT molecular complexity index is 835. The topological polar surface area (TPSA) is 63.6 Å². The second kappa shape index (κ2) is 7.96. The van der Waals surface area contributed by atoms with Gasteiger partial charge in [0.05, 0.1) is 20.2 Å². The van der Waals surface area contributed by atoms with Crippen LogP contribution in [0.15, 0.2) is 30.3 Å². The van der Waals surface area contributed by atoms with Crippen molar-refractivity contribution < 1.29 is 14.3 Å². The number of likely N-dealkylation sites (N-methyl/N-ethyl adjacent to an activating group) is 1. The van der Waals surface area contributed by atoms with Crippen LogP contribution in [0.5, 0.6) is 5.75 Å². The van der Waals surface area contributed by atoms with Crippen LogP contribution in [0.1, 0.15) is 40.6 Å². The largest absolute Gasteiger partial charge is 0.497 e. The van der Waals surface area contributed by atoms with Gasteiger partial charge in [0.1, 0.15) is 5.75 Å². The smallest absolute Gasteiger partial charge is 0.238 e. The number of benzene rings is 1. The molecule has 1 fully saturated rings. The van der Waals surface area contributed by atoms with Gasteiger partial charge in [0.15, 0.2) is 5.78 Å². The first-order chi connectivity index (χ1) is 12.9. The summed E-state index contributed by atoms with van der Waals surface area (Å²) in [6, 6.07) is 9.68. The number of methoxy groups -OCH3 is 1. The predicted octanol–water partition coefficient (Wildman–Crippen LogP) is 3.20. The van der Waals surface area contributed by atoms with Gasteiger partial charge in [-0.1, -0.05) is 0 Å². The Morgan fingerprint density at radius 2 is 1.85 bits per heavy atom. The molecule has 1 N–H and O–H groups in total. The number of nitrogens with zero attached hydrogens (tertiary/aromatic N) is 2. The summed E-state index contributed by atoms with van der Waals surface area (Å²) >= 11 is 0. The Labute approximate surface area is 160 Å². The first-order valence-electron chi connectivity index (χ1n) is 9.23. The van der Waals surface area contributed by atoms with Crippen molar-refractivity contribution in [1.29, 1.82) is 0 Å². The van der Waals surface area contributed by atoms with Gasteiger partial charge in [-0.2, -0.15) is 0 Å². The molecule has 2 aromatic rings. The van der Waals surface area contributed by atoms with E-state index in [0.717, 1.165) is 22.7 Å². The average molecular weight is 369 g/mol. The van der Waals surface area contributed by atoms with Crippen molar-refractivity contribution in [2.75, 3.05) is 32.6 Å². The number of hydrogen-bond acceptors (Lipinski definition) is 4. The summed E-state index contributed by atoms with van der Waals surface area (Å²) in [4.78, 5) is 26.7. The summed E-state index contributed by atoms with van der Waals surface area (Å²) in [5, 5.41) is 2.83. The van der Waals surface area contributed by atoms with E-state index in [1.54, 1.807) is 43.3 Å². The van der Waals surface area contributed by atoms with Crippen molar-refractivity contribution in [3.8, 4) is 5.75 Å². The molecule has 144 valence electrons. The third kappa shape index (κ3) is 4.57. The van der Waals surface area contributed by atoms with Gasteiger partial charge in [-0.05, 0) is 64.1 Å². The molecule has 1 aromatic carbocycles. The van der Waals surface area contributed by atoms with E-state index in [-0.39, 0.29) is 24.8 Å². The summed E-state index contributed by atoms with van der Waals surface area (Å²) in [6.45, 7) is 4.42. The summed E-state index contributed by atoms with van der Waals surface area (Å²) in [7, 11) is 3.38. The van der Waals surface area contributed by atoms with Crippen LogP contribution >= 0.6 is 0 Å². The van der Waals surface area contributed by atoms with Gasteiger partial charge >= 0.3 is 0 Å². The molecule has 0 unspecified atom stereocenters. The van der Waals surface area contributed by atoms with Gasteiger partial charge in [-0.3, -0.25) is 14.5 Å². The van der Waals surface area contributed by atoms with E-state index < -0.39 is 0 Å². The molecule has 0 bridgehead atoms. The maximum absolute atomic E-state index is 12.7. The number of anilines is 1. The van der Waals surface area contributed by atoms with E-state index in [0.29, 0.717) is 11.7 Å². The van der Waals surface area contributed by atoms with Crippen LogP contribution < -0.4 is 10.1 Å². The van der Waals surface area contributed by atoms with Gasteiger partial charge in [-0.25, -0.2) is 0 Å². The molecule has 0 aliphatic heterocycles. The zero-order valence-electron chi connectivity index (χ0n) is 16.4. The van der Waals surface area contributed by atoms with Crippen LogP contribution in [0, 0.1) is 13.8 Å². The van der Waals surface area contributed by atoms with Crippen molar-refractivity contribution in [2.24, 2.45) is 0 Å². The lowest BCUT2D eigenvalue weighted by atomic mass is 10.1. The van der Waals surface area contributed by atoms with E-state index in [2.05, 4.69) is 9.88 Å². The molecule has 1 aliphatic carbocycles. The minimum absolute atomic E-state index is 0.0507. The molecule has 0 radical (unpaired) electrons. The molecule has 27 heavy (non-hydrogen) atoms. The fourth-order valence-corrected chi connectivity index (χ4v) is 3.46. The molecule has 6 heteroatoms. The lowest BCUT2D eigenvalue weighted by molar-refractivity contribution is -0.116. The van der Waals surface area contributed by atoms with E-state index in [1.807, 2.05) is 19.9 Å². The number of carbonyl (C=O) groups is 2. The van der Waals surface area contributed by atoms with Crippen molar-refractivity contribution in [1.82, 2.24) is 9.47 Å². The molecule has 1 saturated carbocycles. The molecule has 0 atom stereocenters. The molecule has 6 nitrogen and oxygen atoms in total. The highest BCUT2D eigenvalue weighted by Crippen LogP contribution is 2.38. The van der Waals surface area contributed by atoms with E-state index >= 15 is 0 Å². The number of carbonyl (C=O) groups excluding carboxylic acids is 2. The van der Waals surface area contributed by atoms with Crippen LogP contribution in [0.2, 0.25) is 0 Å². The number of ketones is 1. The third-order valence-electron chi connectivity index (χ3n) is 4.90. The highest BCUT2D eigenvalue weighted by molar-refractivity contribution is 5.99. The lowest BCUT2D eigenvalue weighted by Gasteiger charge is -2.16. The van der Waals surface area contributed by atoms with Gasteiger partial charge in [0.25, 0.3) is 0 Å². The number of nitrogens with one attached hydrogen (secondary N) is 1. The number of rotatable bonds is 8. The fourth-order valence-electron chi connectivity index (χ4n) is 3.46. The molecule has 1 heterocycles. The van der Waals surface area contributed by atoms with Crippen LogP contribution in [0.25, 0.3) is 0 Å². The highest BCUT2D eigenvalue weighted by Gasteiger charge is 2.28. The van der Waals surface area contributed by atoms with E-state index in [9.17, 15) is 9.59 Å². The van der Waals surface area contributed by atoms with Gasteiger partial charge in [-0.15, -0.1) is 0 Å². The summed E-state index contributed by atoms with van der Waals surface area (Å²) in [5.74, 6) is 0.633. The number of amides is 1. The quantitative estimate of drug-likeness (QED) is 0.726. The van der Waals surface area contributed by atoms with Crippen molar-refractivity contribution in [2.45, 2.75) is 32.7 Å². The standard InChI is InChI=1S/C21H27N3O3/c1-14-11-19(15(2)24(14)17-7-8-17)20(25)12-23(3)13-21(26)22-16-5-9-18(27-4)10-6-16/h5-6,9-11,17H,7-8,12-13H2,1-4H3,(H,22,26). The fraction of sp³-hybridized carbons (Fsp3) is 0.429. The number of aromatic nitrogens is 1. The zero-order chi connectivity index (χ0) is 19.6. The molecular formula is C21H27N3O3. The van der Waals surface area contributed by atoms with E-state index in [1.165, 1.54) is 12.8 Å². The maximum atomic E-state index is 12.7. The van der Waals surface area contributed by atoms with Gasteiger partial charge < -0.3 is 14.6 Å². The summed E-state index contributed by atoms with van der Waals surface area (Å²) in [5.41, 5.74) is 3.64. The molecule has 1 aliphatic rings. The second-order valence-electron chi connectivity index (χ2n) is 7.26. The van der Waals surface area contributed by atoms with Crippen molar-refractivity contribution >= 4 is 17.4 Å². The zero-order valence-corrected chi connectivity index (χ0v) is 16.4. The van der Waals surface area contributed by atoms with Crippen LogP contribution in [-0.2, 0) is 4.79 Å².